The maximum Gasteiger partial charge on any atom is 0.312 e. The number of hydrogen-bond donors (Lipinski definition) is 0. The molecule has 0 aliphatic heterocycles. The maximum atomic E-state index is 12.1. The molecule has 0 saturated heterocycles. The van der Waals surface area contributed by atoms with Crippen molar-refractivity contribution in [3.63, 3.8) is 0 Å². The standard InChI is InChI=1S/C16H28O4/c1-10(2)14-7-6-11(3)8-15(14)20-16(18)12(4)9-19-13(5)17/h10-12,14-15H,6-9H2,1-5H3/t11-,12?,14+,15-/m0/s1. The Bertz CT molecular complexity index is 337. The van der Waals surface area contributed by atoms with Gasteiger partial charge in [-0.1, -0.05) is 27.2 Å². The number of carbonyl (C=O) groups excluding carboxylic acids is 2. The van der Waals surface area contributed by atoms with Gasteiger partial charge in [0.2, 0.25) is 0 Å². The lowest BCUT2D eigenvalue weighted by molar-refractivity contribution is -0.163. The van der Waals surface area contributed by atoms with E-state index in [-0.39, 0.29) is 24.6 Å². The van der Waals surface area contributed by atoms with E-state index in [1.54, 1.807) is 6.92 Å². The predicted molar refractivity (Wildman–Crippen MR) is 77.0 cm³/mol. The molecular weight excluding hydrogens is 256 g/mol. The zero-order valence-electron chi connectivity index (χ0n) is 13.3. The molecular formula is C16H28O4. The molecule has 0 radical (unpaired) electrons. The van der Waals surface area contributed by atoms with Gasteiger partial charge in [-0.15, -0.1) is 0 Å². The van der Waals surface area contributed by atoms with Gasteiger partial charge in [-0.05, 0) is 37.5 Å². The average Bonchev–Trinajstić information content (AvgIpc) is 2.35. The Balaban J connectivity index is 2.54. The normalized spacial score (nSPS) is 28.0. The molecule has 4 nitrogen and oxygen atoms in total. The highest BCUT2D eigenvalue weighted by Gasteiger charge is 2.34. The van der Waals surface area contributed by atoms with E-state index in [4.69, 9.17) is 9.47 Å². The first-order valence-corrected chi connectivity index (χ1v) is 7.65. The fourth-order valence-corrected chi connectivity index (χ4v) is 2.83. The Morgan fingerprint density at radius 3 is 2.40 bits per heavy atom. The van der Waals surface area contributed by atoms with Crippen molar-refractivity contribution in [1.82, 2.24) is 0 Å². The largest absolute Gasteiger partial charge is 0.465 e. The first-order chi connectivity index (χ1) is 9.31. The Labute approximate surface area is 122 Å². The van der Waals surface area contributed by atoms with E-state index >= 15 is 0 Å². The highest BCUT2D eigenvalue weighted by Crippen LogP contribution is 2.35. The van der Waals surface area contributed by atoms with Crippen molar-refractivity contribution in [2.75, 3.05) is 6.61 Å². The molecule has 0 spiro atoms. The highest BCUT2D eigenvalue weighted by atomic mass is 16.6. The van der Waals surface area contributed by atoms with E-state index < -0.39 is 5.92 Å². The Kier molecular flexibility index (Phi) is 6.50. The van der Waals surface area contributed by atoms with Gasteiger partial charge >= 0.3 is 11.9 Å². The van der Waals surface area contributed by atoms with Crippen LogP contribution in [-0.2, 0) is 19.1 Å². The van der Waals surface area contributed by atoms with Crippen LogP contribution < -0.4 is 0 Å². The smallest absolute Gasteiger partial charge is 0.312 e. The molecule has 116 valence electrons. The molecule has 0 N–H and O–H groups in total. The molecule has 1 aliphatic rings. The van der Waals surface area contributed by atoms with Crippen molar-refractivity contribution in [3.05, 3.63) is 0 Å². The summed E-state index contributed by atoms with van der Waals surface area (Å²) in [5.74, 6) is 0.544. The minimum absolute atomic E-state index is 0.00558. The lowest BCUT2D eigenvalue weighted by Crippen LogP contribution is -2.37. The number of carbonyl (C=O) groups is 2. The van der Waals surface area contributed by atoms with Crippen LogP contribution in [-0.4, -0.2) is 24.6 Å². The van der Waals surface area contributed by atoms with Crippen molar-refractivity contribution < 1.29 is 19.1 Å². The predicted octanol–water partition coefficient (Wildman–Crippen LogP) is 3.19. The second-order valence-corrected chi connectivity index (χ2v) is 6.51. The fourth-order valence-electron chi connectivity index (χ4n) is 2.83. The van der Waals surface area contributed by atoms with Gasteiger partial charge in [-0.3, -0.25) is 9.59 Å². The third-order valence-electron chi connectivity index (χ3n) is 4.17. The summed E-state index contributed by atoms with van der Waals surface area (Å²) < 4.78 is 10.6. The van der Waals surface area contributed by atoms with Crippen LogP contribution in [0.5, 0.6) is 0 Å². The van der Waals surface area contributed by atoms with E-state index in [9.17, 15) is 9.59 Å². The van der Waals surface area contributed by atoms with Crippen LogP contribution in [0.1, 0.15) is 53.9 Å². The van der Waals surface area contributed by atoms with Gasteiger partial charge in [-0.2, -0.15) is 0 Å². The van der Waals surface area contributed by atoms with Gasteiger partial charge in [0.25, 0.3) is 0 Å². The molecule has 1 aliphatic carbocycles. The summed E-state index contributed by atoms with van der Waals surface area (Å²) in [5, 5.41) is 0. The molecule has 0 aromatic rings. The van der Waals surface area contributed by atoms with Crippen LogP contribution in [0.2, 0.25) is 0 Å². The number of hydrogen-bond acceptors (Lipinski definition) is 4. The summed E-state index contributed by atoms with van der Waals surface area (Å²) in [6, 6.07) is 0. The van der Waals surface area contributed by atoms with Gasteiger partial charge in [0.1, 0.15) is 12.7 Å². The quantitative estimate of drug-likeness (QED) is 0.728. The second-order valence-electron chi connectivity index (χ2n) is 6.51. The fraction of sp³-hybridized carbons (Fsp3) is 0.875. The van der Waals surface area contributed by atoms with Gasteiger partial charge in [0.15, 0.2) is 0 Å². The Morgan fingerprint density at radius 2 is 1.85 bits per heavy atom. The molecule has 1 fully saturated rings. The third-order valence-corrected chi connectivity index (χ3v) is 4.17. The van der Waals surface area contributed by atoms with Crippen LogP contribution >= 0.6 is 0 Å². The zero-order valence-corrected chi connectivity index (χ0v) is 13.3. The first-order valence-electron chi connectivity index (χ1n) is 7.65. The second kappa shape index (κ2) is 7.65. The first kappa shape index (κ1) is 17.0. The number of ether oxygens (including phenoxy) is 2. The van der Waals surface area contributed by atoms with Crippen molar-refractivity contribution in [2.45, 2.75) is 60.0 Å². The number of esters is 2. The van der Waals surface area contributed by atoms with Gasteiger partial charge in [0, 0.05) is 6.92 Å². The maximum absolute atomic E-state index is 12.1. The molecule has 1 saturated carbocycles. The Morgan fingerprint density at radius 1 is 1.20 bits per heavy atom. The molecule has 0 aromatic heterocycles. The minimum Gasteiger partial charge on any atom is -0.465 e. The van der Waals surface area contributed by atoms with E-state index in [0.717, 1.165) is 12.8 Å². The molecule has 1 rings (SSSR count). The Hall–Kier alpha value is -1.06. The summed E-state index contributed by atoms with van der Waals surface area (Å²) in [6.45, 7) is 9.76. The van der Waals surface area contributed by atoms with Crippen LogP contribution in [0, 0.1) is 23.7 Å². The highest BCUT2D eigenvalue weighted by molar-refractivity contribution is 5.73. The van der Waals surface area contributed by atoms with E-state index in [1.807, 2.05) is 0 Å². The monoisotopic (exact) mass is 284 g/mol. The van der Waals surface area contributed by atoms with E-state index in [2.05, 4.69) is 20.8 Å². The van der Waals surface area contributed by atoms with E-state index in [0.29, 0.717) is 17.8 Å². The molecule has 20 heavy (non-hydrogen) atoms. The summed E-state index contributed by atoms with van der Waals surface area (Å²) >= 11 is 0. The van der Waals surface area contributed by atoms with Crippen molar-refractivity contribution in [2.24, 2.45) is 23.7 Å². The summed E-state index contributed by atoms with van der Waals surface area (Å²) in [6.07, 6.45) is 3.27. The molecule has 0 heterocycles. The van der Waals surface area contributed by atoms with Crippen LogP contribution in [0.3, 0.4) is 0 Å². The lowest BCUT2D eigenvalue weighted by Gasteiger charge is -2.37. The topological polar surface area (TPSA) is 52.6 Å². The number of rotatable bonds is 5. The molecule has 1 unspecified atom stereocenters. The average molecular weight is 284 g/mol. The summed E-state index contributed by atoms with van der Waals surface area (Å²) in [5.41, 5.74) is 0. The van der Waals surface area contributed by atoms with Gasteiger partial charge in [0.05, 0.1) is 5.92 Å². The molecule has 0 aromatic carbocycles. The molecule has 0 bridgehead atoms. The molecule has 4 atom stereocenters. The lowest BCUT2D eigenvalue weighted by atomic mass is 9.75. The van der Waals surface area contributed by atoms with Gasteiger partial charge in [-0.25, -0.2) is 0 Å². The van der Waals surface area contributed by atoms with Gasteiger partial charge < -0.3 is 9.47 Å². The molecule has 4 heteroatoms. The van der Waals surface area contributed by atoms with Crippen molar-refractivity contribution in [1.29, 1.82) is 0 Å². The van der Waals surface area contributed by atoms with Crippen LogP contribution in [0.15, 0.2) is 0 Å². The summed E-state index contributed by atoms with van der Waals surface area (Å²) in [7, 11) is 0. The zero-order chi connectivity index (χ0) is 15.3. The van der Waals surface area contributed by atoms with Crippen LogP contribution in [0.25, 0.3) is 0 Å². The van der Waals surface area contributed by atoms with E-state index in [1.165, 1.54) is 13.3 Å². The third kappa shape index (κ3) is 5.14. The van der Waals surface area contributed by atoms with Crippen molar-refractivity contribution in [3.8, 4) is 0 Å². The van der Waals surface area contributed by atoms with Crippen LogP contribution in [0.4, 0.5) is 0 Å². The summed E-state index contributed by atoms with van der Waals surface area (Å²) in [4.78, 5) is 22.9. The van der Waals surface area contributed by atoms with Crippen molar-refractivity contribution >= 4 is 11.9 Å². The minimum atomic E-state index is -0.399. The molecule has 0 amide bonds. The SMILES string of the molecule is CC(=O)OCC(C)C(=O)O[C@H]1C[C@@H](C)CC[C@@H]1C(C)C.